The number of carbonyl (C=O) groups excluding carboxylic acids is 1. The maximum Gasteiger partial charge on any atom is 0.233 e. The van der Waals surface area contributed by atoms with Crippen LogP contribution in [0.5, 0.6) is 5.75 Å². The molecule has 1 N–H and O–H groups in total. The summed E-state index contributed by atoms with van der Waals surface area (Å²) in [7, 11) is 1.48. The number of nitrogens with zero attached hydrogens (tertiary/aromatic N) is 1. The molecule has 0 aromatic heterocycles. The van der Waals surface area contributed by atoms with Crippen LogP contribution in [0.1, 0.15) is 36.1 Å². The third-order valence-electron chi connectivity index (χ3n) is 7.02. The molecule has 4 aromatic rings. The number of hydrogen-bond donors (Lipinski definition) is 1. The third-order valence-corrected chi connectivity index (χ3v) is 7.02. The number of halogens is 3. The van der Waals surface area contributed by atoms with Crippen molar-refractivity contribution in [2.45, 2.75) is 25.0 Å². The van der Waals surface area contributed by atoms with Gasteiger partial charge in [0.15, 0.2) is 0 Å². The number of methoxy groups -OCH3 is 1. The molecule has 1 amide bonds. The molecule has 0 unspecified atom stereocenters. The van der Waals surface area contributed by atoms with Gasteiger partial charge in [0.2, 0.25) is 5.91 Å². The molecule has 4 aromatic carbocycles. The summed E-state index contributed by atoms with van der Waals surface area (Å²) in [5.41, 5.74) is 3.47. The number of amides is 1. The van der Waals surface area contributed by atoms with E-state index in [1.807, 2.05) is 24.3 Å². The molecule has 0 spiro atoms. The normalized spacial score (nSPS) is 17.7. The Labute approximate surface area is 218 Å². The van der Waals surface area contributed by atoms with Gasteiger partial charge in [-0.25, -0.2) is 13.2 Å². The summed E-state index contributed by atoms with van der Waals surface area (Å²) in [5.74, 6) is -1.30. The number of carbonyl (C=O) groups is 1. The molecular formula is C31H26F3NO3. The first kappa shape index (κ1) is 25.5. The first-order valence-corrected chi connectivity index (χ1v) is 12.3. The predicted molar refractivity (Wildman–Crippen MR) is 139 cm³/mol. The Morgan fingerprint density at radius 1 is 0.816 bits per heavy atom. The lowest BCUT2D eigenvalue weighted by atomic mass is 9.78. The van der Waals surface area contributed by atoms with E-state index in [0.29, 0.717) is 35.4 Å². The van der Waals surface area contributed by atoms with Crippen LogP contribution >= 0.6 is 0 Å². The van der Waals surface area contributed by atoms with Gasteiger partial charge in [-0.1, -0.05) is 36.4 Å². The van der Waals surface area contributed by atoms with Gasteiger partial charge in [0.05, 0.1) is 25.2 Å². The first-order valence-electron chi connectivity index (χ1n) is 12.3. The molecule has 3 atom stereocenters. The van der Waals surface area contributed by atoms with E-state index in [1.165, 1.54) is 55.6 Å². The lowest BCUT2D eigenvalue weighted by molar-refractivity contribution is -0.131. The van der Waals surface area contributed by atoms with Gasteiger partial charge in [0.25, 0.3) is 0 Å². The lowest BCUT2D eigenvalue weighted by Crippen LogP contribution is -2.55. The van der Waals surface area contributed by atoms with Crippen LogP contribution in [0.25, 0.3) is 11.1 Å². The first-order chi connectivity index (χ1) is 18.3. The Bertz CT molecular complexity index is 1420. The zero-order valence-corrected chi connectivity index (χ0v) is 20.7. The highest BCUT2D eigenvalue weighted by atomic mass is 19.1. The van der Waals surface area contributed by atoms with Gasteiger partial charge < -0.3 is 14.7 Å². The molecule has 5 rings (SSSR count). The van der Waals surface area contributed by atoms with Crippen molar-refractivity contribution in [2.75, 3.05) is 12.0 Å². The minimum Gasteiger partial charge on any atom is -0.497 e. The van der Waals surface area contributed by atoms with Gasteiger partial charge in [-0.3, -0.25) is 4.79 Å². The quantitative estimate of drug-likeness (QED) is 0.256. The van der Waals surface area contributed by atoms with Gasteiger partial charge in [-0.05, 0) is 83.6 Å². The molecule has 1 aliphatic heterocycles. The van der Waals surface area contributed by atoms with Crippen molar-refractivity contribution in [3.63, 3.8) is 0 Å². The Hall–Kier alpha value is -4.10. The highest BCUT2D eigenvalue weighted by Crippen LogP contribution is 2.46. The van der Waals surface area contributed by atoms with Crippen LogP contribution < -0.4 is 9.64 Å². The van der Waals surface area contributed by atoms with Crippen molar-refractivity contribution in [2.24, 2.45) is 5.92 Å². The molecule has 7 heteroatoms. The Balaban J connectivity index is 1.41. The van der Waals surface area contributed by atoms with Gasteiger partial charge in [-0.2, -0.15) is 0 Å². The molecule has 4 nitrogen and oxygen atoms in total. The summed E-state index contributed by atoms with van der Waals surface area (Å²) < 4.78 is 46.0. The molecule has 1 heterocycles. The summed E-state index contributed by atoms with van der Waals surface area (Å²) >= 11 is 0. The number of anilines is 1. The minimum atomic E-state index is -0.839. The highest BCUT2D eigenvalue weighted by molar-refractivity contribution is 6.03. The zero-order chi connectivity index (χ0) is 26.8. The van der Waals surface area contributed by atoms with E-state index in [-0.39, 0.29) is 17.8 Å². The van der Waals surface area contributed by atoms with E-state index >= 15 is 0 Å². The zero-order valence-electron chi connectivity index (χ0n) is 20.7. The molecule has 1 fully saturated rings. The molecule has 0 radical (unpaired) electrons. The SMILES string of the molecule is COc1cc(F)cc(-c2ccc([C@@H]3[C@@H](CC[C@H](O)c4ccc(F)cc4)C(=O)N3c3ccc(F)cc3)cc2)c1. The average Bonchev–Trinajstić information content (AvgIpc) is 2.92. The van der Waals surface area contributed by atoms with E-state index in [0.717, 1.165) is 11.1 Å². The van der Waals surface area contributed by atoms with Crippen molar-refractivity contribution in [3.05, 3.63) is 120 Å². The van der Waals surface area contributed by atoms with E-state index in [2.05, 4.69) is 0 Å². The maximum absolute atomic E-state index is 14.0. The summed E-state index contributed by atoms with van der Waals surface area (Å²) in [5, 5.41) is 10.6. The molecular weight excluding hydrogens is 491 g/mol. The predicted octanol–water partition coefficient (Wildman–Crippen LogP) is 7.00. The maximum atomic E-state index is 14.0. The van der Waals surface area contributed by atoms with Crippen LogP contribution in [0.4, 0.5) is 18.9 Å². The van der Waals surface area contributed by atoms with Crippen molar-refractivity contribution in [3.8, 4) is 16.9 Å². The Morgan fingerprint density at radius 3 is 2.08 bits per heavy atom. The van der Waals surface area contributed by atoms with E-state index < -0.39 is 23.7 Å². The molecule has 0 saturated carbocycles. The van der Waals surface area contributed by atoms with E-state index in [9.17, 15) is 23.1 Å². The number of ether oxygens (including phenoxy) is 1. The van der Waals surface area contributed by atoms with Crippen LogP contribution in [0.15, 0.2) is 91.0 Å². The number of β-lactam (4-membered cyclic amide) rings is 1. The topological polar surface area (TPSA) is 49.8 Å². The molecule has 1 saturated heterocycles. The van der Waals surface area contributed by atoms with Crippen molar-refractivity contribution < 1.29 is 27.8 Å². The molecule has 38 heavy (non-hydrogen) atoms. The number of aliphatic hydroxyl groups is 1. The second-order valence-electron chi connectivity index (χ2n) is 9.38. The fourth-order valence-electron chi connectivity index (χ4n) is 5.01. The number of aliphatic hydroxyl groups excluding tert-OH is 1. The monoisotopic (exact) mass is 517 g/mol. The highest BCUT2D eigenvalue weighted by Gasteiger charge is 2.48. The van der Waals surface area contributed by atoms with Crippen molar-refractivity contribution in [1.82, 2.24) is 0 Å². The lowest BCUT2D eigenvalue weighted by Gasteiger charge is -2.48. The van der Waals surface area contributed by atoms with Crippen molar-refractivity contribution in [1.29, 1.82) is 0 Å². The van der Waals surface area contributed by atoms with E-state index in [1.54, 1.807) is 23.1 Å². The second-order valence-corrected chi connectivity index (χ2v) is 9.38. The molecule has 0 aliphatic carbocycles. The van der Waals surface area contributed by atoms with Crippen LogP contribution in [-0.4, -0.2) is 18.1 Å². The fraction of sp³-hybridized carbons (Fsp3) is 0.194. The Morgan fingerprint density at radius 2 is 1.45 bits per heavy atom. The smallest absolute Gasteiger partial charge is 0.233 e. The minimum absolute atomic E-state index is 0.119. The van der Waals surface area contributed by atoms with E-state index in [4.69, 9.17) is 4.74 Å². The Kier molecular flexibility index (Phi) is 7.20. The van der Waals surface area contributed by atoms with Gasteiger partial charge >= 0.3 is 0 Å². The number of benzene rings is 4. The second kappa shape index (κ2) is 10.7. The van der Waals surface area contributed by atoms with Crippen LogP contribution in [0.3, 0.4) is 0 Å². The molecule has 1 aliphatic rings. The van der Waals surface area contributed by atoms with Crippen LogP contribution in [-0.2, 0) is 4.79 Å². The molecule has 0 bridgehead atoms. The van der Waals surface area contributed by atoms with Gasteiger partial charge in [0, 0.05) is 11.8 Å². The van der Waals surface area contributed by atoms with Crippen LogP contribution in [0.2, 0.25) is 0 Å². The fourth-order valence-corrected chi connectivity index (χ4v) is 5.01. The number of rotatable bonds is 8. The third kappa shape index (κ3) is 5.15. The summed E-state index contributed by atoms with van der Waals surface area (Å²) in [4.78, 5) is 14.9. The average molecular weight is 518 g/mol. The van der Waals surface area contributed by atoms with Crippen LogP contribution in [0, 0.1) is 23.4 Å². The summed E-state index contributed by atoms with van der Waals surface area (Å²) in [6.45, 7) is 0. The van der Waals surface area contributed by atoms with Gasteiger partial charge in [-0.15, -0.1) is 0 Å². The number of hydrogen-bond acceptors (Lipinski definition) is 3. The van der Waals surface area contributed by atoms with Gasteiger partial charge in [0.1, 0.15) is 23.2 Å². The molecule has 194 valence electrons. The summed E-state index contributed by atoms with van der Waals surface area (Å²) in [6, 6.07) is 23.1. The van der Waals surface area contributed by atoms with Crippen molar-refractivity contribution >= 4 is 11.6 Å². The standard InChI is InChI=1S/C31H26F3NO3/c1-38-27-17-22(16-25(34)18-27)19-2-4-21(5-3-19)30-28(14-15-29(36)20-6-8-23(32)9-7-20)31(37)35(30)26-12-10-24(33)11-13-26/h2-13,16-18,28-30,36H,14-15H2,1H3/t28-,29+,30-/m1/s1. The largest absolute Gasteiger partial charge is 0.497 e. The summed E-state index contributed by atoms with van der Waals surface area (Å²) in [6.07, 6.45) is -0.117.